The van der Waals surface area contributed by atoms with E-state index in [1.54, 1.807) is 3.88 Å². The first-order valence-electron chi connectivity index (χ1n) is 3.47. The first-order valence-corrected chi connectivity index (χ1v) is 8.93. The molecular formula is C8H15Ti-. The second-order valence-corrected chi connectivity index (χ2v) is 11.6. The van der Waals surface area contributed by atoms with E-state index in [-0.39, 0.29) is 1.43 Å². The van der Waals surface area contributed by atoms with E-state index in [9.17, 15) is 0 Å². The number of rotatable bonds is 1. The van der Waals surface area contributed by atoms with Crippen LogP contribution in [0.15, 0.2) is 22.1 Å². The third kappa shape index (κ3) is 1.81. The van der Waals surface area contributed by atoms with Crippen molar-refractivity contribution in [1.29, 1.82) is 0 Å². The molecule has 0 aliphatic heterocycles. The molecule has 0 bridgehead atoms. The molecule has 0 nitrogen and oxygen atoms in total. The van der Waals surface area contributed by atoms with Crippen LogP contribution in [0.2, 0.25) is 15.7 Å². The van der Waals surface area contributed by atoms with Gasteiger partial charge in [-0.25, -0.2) is 0 Å². The summed E-state index contributed by atoms with van der Waals surface area (Å²) in [7, 11) is 0. The van der Waals surface area contributed by atoms with Crippen LogP contribution < -0.4 is 0 Å². The fraction of sp³-hybridized carbons (Fsp3) is 0.500. The van der Waals surface area contributed by atoms with Gasteiger partial charge in [0.15, 0.2) is 0 Å². The van der Waals surface area contributed by atoms with Gasteiger partial charge in [0.1, 0.15) is 0 Å². The molecule has 1 aliphatic carbocycles. The maximum atomic E-state index is 2.44. The molecule has 0 unspecified atom stereocenters. The van der Waals surface area contributed by atoms with Crippen molar-refractivity contribution in [2.45, 2.75) is 22.1 Å². The fourth-order valence-corrected chi connectivity index (χ4v) is 3.07. The molecule has 1 rings (SSSR count). The molecule has 0 N–H and O–H groups in total. The molecule has 0 atom stereocenters. The minimum absolute atomic E-state index is 0. The van der Waals surface area contributed by atoms with Crippen LogP contribution in [0.4, 0.5) is 0 Å². The average Bonchev–Trinajstić information content (AvgIpc) is 2.08. The molecule has 0 fully saturated rings. The Labute approximate surface area is 62.5 Å². The van der Waals surface area contributed by atoms with Crippen molar-refractivity contribution in [3.8, 4) is 0 Å². The van der Waals surface area contributed by atoms with Gasteiger partial charge in [-0.15, -0.1) is 0 Å². The Morgan fingerprint density at radius 3 is 2.33 bits per heavy atom. The number of hydrogen-bond acceptors (Lipinski definition) is 0. The van der Waals surface area contributed by atoms with Crippen molar-refractivity contribution in [2.75, 3.05) is 0 Å². The Bertz CT molecular complexity index is 163. The topological polar surface area (TPSA) is 0 Å². The summed E-state index contributed by atoms with van der Waals surface area (Å²) in [6.45, 7) is 0. The Hall–Kier alpha value is 0.194. The van der Waals surface area contributed by atoms with Crippen LogP contribution in [0.1, 0.15) is 7.85 Å². The minimum Gasteiger partial charge on any atom is -1.00 e. The summed E-state index contributed by atoms with van der Waals surface area (Å²) < 4.78 is 1.73. The molecule has 9 heavy (non-hydrogen) atoms. The van der Waals surface area contributed by atoms with Crippen LogP contribution in [0, 0.1) is 0 Å². The average molecular weight is 159 g/mol. The van der Waals surface area contributed by atoms with Crippen LogP contribution in [-0.4, -0.2) is 0 Å². The van der Waals surface area contributed by atoms with Gasteiger partial charge in [-0.3, -0.25) is 0 Å². The van der Waals surface area contributed by atoms with Crippen molar-refractivity contribution in [3.05, 3.63) is 22.1 Å². The van der Waals surface area contributed by atoms with Crippen molar-refractivity contribution in [1.82, 2.24) is 0 Å². The smallest absolute Gasteiger partial charge is 1.00 e. The third-order valence-corrected chi connectivity index (χ3v) is 5.32. The molecule has 0 radical (unpaired) electrons. The molecule has 0 aromatic rings. The van der Waals surface area contributed by atoms with Crippen molar-refractivity contribution < 1.29 is 18.0 Å². The van der Waals surface area contributed by atoms with Gasteiger partial charge in [0, 0.05) is 0 Å². The molecular weight excluding hydrogens is 144 g/mol. The Morgan fingerprint density at radius 2 is 2.11 bits per heavy atom. The second kappa shape index (κ2) is 2.44. The third-order valence-electron chi connectivity index (χ3n) is 1.73. The Morgan fingerprint density at radius 1 is 1.44 bits per heavy atom. The molecule has 0 heterocycles. The van der Waals surface area contributed by atoms with Gasteiger partial charge in [0.2, 0.25) is 0 Å². The van der Waals surface area contributed by atoms with E-state index in [0.29, 0.717) is 0 Å². The Balaban J connectivity index is 0.000000810. The first-order chi connectivity index (χ1) is 4.11. The van der Waals surface area contributed by atoms with Gasteiger partial charge in [-0.05, 0) is 0 Å². The van der Waals surface area contributed by atoms with E-state index in [4.69, 9.17) is 0 Å². The molecule has 0 saturated heterocycles. The van der Waals surface area contributed by atoms with Gasteiger partial charge in [-0.1, -0.05) is 0 Å². The summed E-state index contributed by atoms with van der Waals surface area (Å²) in [5.41, 5.74) is 0. The first kappa shape index (κ1) is 7.30. The van der Waals surface area contributed by atoms with E-state index >= 15 is 0 Å². The van der Waals surface area contributed by atoms with Gasteiger partial charge in [0.25, 0.3) is 0 Å². The zero-order valence-electron chi connectivity index (χ0n) is 7.44. The van der Waals surface area contributed by atoms with Crippen LogP contribution >= 0.6 is 0 Å². The van der Waals surface area contributed by atoms with Crippen LogP contribution in [0.3, 0.4) is 0 Å². The molecule has 0 aromatic carbocycles. The molecule has 52 valence electrons. The van der Waals surface area contributed by atoms with E-state index < -0.39 is 16.6 Å². The molecule has 0 amide bonds. The van der Waals surface area contributed by atoms with E-state index in [0.717, 1.165) is 0 Å². The molecule has 0 saturated carbocycles. The monoisotopic (exact) mass is 159 g/mol. The van der Waals surface area contributed by atoms with Crippen LogP contribution in [-0.2, 0) is 16.6 Å². The van der Waals surface area contributed by atoms with Crippen LogP contribution in [0.5, 0.6) is 0 Å². The summed E-state index contributed by atoms with van der Waals surface area (Å²) in [5, 5.41) is 7.33. The van der Waals surface area contributed by atoms with Crippen molar-refractivity contribution >= 4 is 0 Å². The predicted octanol–water partition coefficient (Wildman–Crippen LogP) is 3.24. The summed E-state index contributed by atoms with van der Waals surface area (Å²) in [6, 6.07) is 0. The SMILES string of the molecule is [CH3][Ti]([CH3])([CH3])[C]1=CC=CC1.[H-]. The maximum absolute atomic E-state index is 2.44. The Kier molecular flexibility index (Phi) is 1.98. The second-order valence-electron chi connectivity index (χ2n) is 3.57. The molecule has 1 heteroatoms. The molecule has 0 spiro atoms. The van der Waals surface area contributed by atoms with Gasteiger partial charge < -0.3 is 1.43 Å². The molecule has 0 aromatic heterocycles. The normalized spacial score (nSPS) is 18.3. The summed E-state index contributed by atoms with van der Waals surface area (Å²) in [5.74, 6) is 0. The summed E-state index contributed by atoms with van der Waals surface area (Å²) in [4.78, 5) is 0. The van der Waals surface area contributed by atoms with Gasteiger partial charge in [0.05, 0.1) is 0 Å². The summed E-state index contributed by atoms with van der Waals surface area (Å²) >= 11 is -1.38. The zero-order valence-corrected chi connectivity index (χ0v) is 8.00. The predicted molar refractivity (Wildman–Crippen MR) is 40.5 cm³/mol. The van der Waals surface area contributed by atoms with E-state index in [1.165, 1.54) is 6.42 Å². The van der Waals surface area contributed by atoms with Gasteiger partial charge >= 0.3 is 60.8 Å². The largest absolute Gasteiger partial charge is 1.00 e. The van der Waals surface area contributed by atoms with Crippen molar-refractivity contribution in [2.24, 2.45) is 0 Å². The number of allylic oxidation sites excluding steroid dienone is 4. The van der Waals surface area contributed by atoms with Gasteiger partial charge in [-0.2, -0.15) is 0 Å². The van der Waals surface area contributed by atoms with E-state index in [1.807, 2.05) is 0 Å². The molecule has 1 aliphatic rings. The number of hydrogen-bond donors (Lipinski definition) is 0. The quantitative estimate of drug-likeness (QED) is 0.515. The van der Waals surface area contributed by atoms with E-state index in [2.05, 4.69) is 33.9 Å². The van der Waals surface area contributed by atoms with Crippen molar-refractivity contribution in [3.63, 3.8) is 0 Å². The minimum atomic E-state index is -1.38. The van der Waals surface area contributed by atoms with Crippen LogP contribution in [0.25, 0.3) is 0 Å². The fourth-order valence-electron chi connectivity index (χ4n) is 1.00. The standard InChI is InChI=1S/C5H5.3CH3.Ti.H/c1-2-4-5-3-1;;;;;/h1-3H,4H2;3*1H3;;/q;;;;;-1. The maximum Gasteiger partial charge on any atom is -1.00 e. The zero-order chi connectivity index (χ0) is 6.91. The summed E-state index contributed by atoms with van der Waals surface area (Å²) in [6.07, 6.45) is 7.99.